The molecule has 0 aromatic carbocycles. The van der Waals surface area contributed by atoms with Gasteiger partial charge in [0, 0.05) is 12.1 Å². The Labute approximate surface area is 86.3 Å². The summed E-state index contributed by atoms with van der Waals surface area (Å²) >= 11 is 0. The van der Waals surface area contributed by atoms with E-state index in [1.165, 1.54) is 19.3 Å². The summed E-state index contributed by atoms with van der Waals surface area (Å²) < 4.78 is 21.4. The van der Waals surface area contributed by atoms with E-state index >= 15 is 0 Å². The Kier molecular flexibility index (Phi) is 3.92. The lowest BCUT2D eigenvalue weighted by molar-refractivity contribution is 0.259. The molecule has 4 nitrogen and oxygen atoms in total. The van der Waals surface area contributed by atoms with Gasteiger partial charge in [-0.25, -0.2) is 13.6 Å². The molecule has 0 heterocycles. The summed E-state index contributed by atoms with van der Waals surface area (Å²) in [6.07, 6.45) is 6.04. The standard InChI is InChI=1S/C9H20N2O2S/c1-9(5-3-2-4-6-9)11-7-8-14(10,12)13/h11H,2-8H2,1H3,(H2,10,12,13). The van der Waals surface area contributed by atoms with Crippen LogP contribution in [-0.4, -0.2) is 26.3 Å². The average molecular weight is 220 g/mol. The van der Waals surface area contributed by atoms with E-state index in [1.807, 2.05) is 0 Å². The monoisotopic (exact) mass is 220 g/mol. The Bertz CT molecular complexity index is 269. The largest absolute Gasteiger partial charge is 0.310 e. The first-order valence-electron chi connectivity index (χ1n) is 5.17. The first kappa shape index (κ1) is 11.9. The van der Waals surface area contributed by atoms with Gasteiger partial charge in [0.2, 0.25) is 10.0 Å². The van der Waals surface area contributed by atoms with Gasteiger partial charge in [-0.15, -0.1) is 0 Å². The molecule has 0 atom stereocenters. The van der Waals surface area contributed by atoms with Gasteiger partial charge in [-0.2, -0.15) is 0 Å². The molecule has 14 heavy (non-hydrogen) atoms. The third-order valence-corrected chi connectivity index (χ3v) is 3.67. The Morgan fingerprint density at radius 2 is 1.86 bits per heavy atom. The van der Waals surface area contributed by atoms with Gasteiger partial charge in [-0.05, 0) is 19.8 Å². The van der Waals surface area contributed by atoms with E-state index in [-0.39, 0.29) is 11.3 Å². The quantitative estimate of drug-likeness (QED) is 0.728. The summed E-state index contributed by atoms with van der Waals surface area (Å²) in [6, 6.07) is 0. The first-order chi connectivity index (χ1) is 6.41. The van der Waals surface area contributed by atoms with E-state index in [4.69, 9.17) is 5.14 Å². The molecule has 0 saturated heterocycles. The van der Waals surface area contributed by atoms with Crippen molar-refractivity contribution in [2.24, 2.45) is 5.14 Å². The van der Waals surface area contributed by atoms with E-state index in [0.717, 1.165) is 12.8 Å². The predicted molar refractivity (Wildman–Crippen MR) is 57.5 cm³/mol. The molecule has 0 spiro atoms. The van der Waals surface area contributed by atoms with Crippen LogP contribution in [0.3, 0.4) is 0 Å². The van der Waals surface area contributed by atoms with Crippen LogP contribution in [0.25, 0.3) is 0 Å². The molecule has 1 aliphatic rings. The van der Waals surface area contributed by atoms with Crippen LogP contribution >= 0.6 is 0 Å². The van der Waals surface area contributed by atoms with Gasteiger partial charge >= 0.3 is 0 Å². The second-order valence-electron chi connectivity index (χ2n) is 4.42. The second-order valence-corrected chi connectivity index (χ2v) is 6.15. The fraction of sp³-hybridized carbons (Fsp3) is 1.00. The molecular formula is C9H20N2O2S. The normalized spacial score (nSPS) is 22.1. The number of sulfonamides is 1. The maximum absolute atomic E-state index is 10.7. The summed E-state index contributed by atoms with van der Waals surface area (Å²) in [5.74, 6) is 0.0303. The topological polar surface area (TPSA) is 72.2 Å². The van der Waals surface area contributed by atoms with Gasteiger partial charge < -0.3 is 5.32 Å². The van der Waals surface area contributed by atoms with Crippen molar-refractivity contribution in [1.82, 2.24) is 5.32 Å². The van der Waals surface area contributed by atoms with Crippen LogP contribution in [-0.2, 0) is 10.0 Å². The molecule has 0 aliphatic heterocycles. The lowest BCUT2D eigenvalue weighted by atomic mass is 9.83. The number of hydrogen-bond donors (Lipinski definition) is 2. The van der Waals surface area contributed by atoms with Crippen LogP contribution in [0.15, 0.2) is 0 Å². The zero-order valence-electron chi connectivity index (χ0n) is 8.75. The molecule has 0 amide bonds. The fourth-order valence-electron chi connectivity index (χ4n) is 2.00. The van der Waals surface area contributed by atoms with Gasteiger partial charge in [-0.1, -0.05) is 19.3 Å². The van der Waals surface area contributed by atoms with E-state index in [9.17, 15) is 8.42 Å². The number of primary sulfonamides is 1. The summed E-state index contributed by atoms with van der Waals surface area (Å²) in [7, 11) is -3.31. The molecule has 0 aromatic heterocycles. The van der Waals surface area contributed by atoms with Crippen LogP contribution in [0.1, 0.15) is 39.0 Å². The smallest absolute Gasteiger partial charge is 0.210 e. The summed E-state index contributed by atoms with van der Waals surface area (Å²) in [4.78, 5) is 0. The second kappa shape index (κ2) is 4.59. The zero-order valence-corrected chi connectivity index (χ0v) is 9.57. The molecule has 0 unspecified atom stereocenters. The van der Waals surface area contributed by atoms with Crippen LogP contribution in [0.5, 0.6) is 0 Å². The van der Waals surface area contributed by atoms with E-state index in [2.05, 4.69) is 12.2 Å². The van der Waals surface area contributed by atoms with Crippen LogP contribution in [0, 0.1) is 0 Å². The third-order valence-electron chi connectivity index (χ3n) is 2.90. The summed E-state index contributed by atoms with van der Waals surface area (Å²) in [5, 5.41) is 8.22. The number of nitrogens with one attached hydrogen (secondary N) is 1. The summed E-state index contributed by atoms with van der Waals surface area (Å²) in [6.45, 7) is 2.63. The Balaban J connectivity index is 2.29. The maximum atomic E-state index is 10.7. The van der Waals surface area contributed by atoms with Crippen molar-refractivity contribution in [3.8, 4) is 0 Å². The minimum atomic E-state index is -3.31. The molecule has 3 N–H and O–H groups in total. The van der Waals surface area contributed by atoms with Crippen LogP contribution in [0.4, 0.5) is 0 Å². The van der Waals surface area contributed by atoms with Gasteiger partial charge in [-0.3, -0.25) is 0 Å². The maximum Gasteiger partial charge on any atom is 0.210 e. The van der Waals surface area contributed by atoms with Crippen molar-refractivity contribution < 1.29 is 8.42 Å². The van der Waals surface area contributed by atoms with Gasteiger partial charge in [0.05, 0.1) is 5.75 Å². The highest BCUT2D eigenvalue weighted by atomic mass is 32.2. The molecule has 1 fully saturated rings. The van der Waals surface area contributed by atoms with Crippen molar-refractivity contribution in [3.05, 3.63) is 0 Å². The predicted octanol–water partition coefficient (Wildman–Crippen LogP) is 0.587. The van der Waals surface area contributed by atoms with Gasteiger partial charge in [0.1, 0.15) is 0 Å². The van der Waals surface area contributed by atoms with Crippen LogP contribution < -0.4 is 10.5 Å². The highest BCUT2D eigenvalue weighted by Crippen LogP contribution is 2.27. The minimum Gasteiger partial charge on any atom is -0.310 e. The molecule has 0 bridgehead atoms. The van der Waals surface area contributed by atoms with Crippen molar-refractivity contribution in [1.29, 1.82) is 0 Å². The number of nitrogens with two attached hydrogens (primary N) is 1. The van der Waals surface area contributed by atoms with Crippen molar-refractivity contribution >= 4 is 10.0 Å². The van der Waals surface area contributed by atoms with Crippen LogP contribution in [0.2, 0.25) is 0 Å². The summed E-state index contributed by atoms with van der Waals surface area (Å²) in [5.41, 5.74) is 0.128. The molecule has 1 saturated carbocycles. The van der Waals surface area contributed by atoms with Crippen molar-refractivity contribution in [2.45, 2.75) is 44.6 Å². The van der Waals surface area contributed by atoms with Gasteiger partial charge in [0.25, 0.3) is 0 Å². The molecule has 0 radical (unpaired) electrons. The molecular weight excluding hydrogens is 200 g/mol. The lowest BCUT2D eigenvalue weighted by Gasteiger charge is -2.34. The Morgan fingerprint density at radius 1 is 1.29 bits per heavy atom. The number of rotatable bonds is 4. The van der Waals surface area contributed by atoms with Crippen molar-refractivity contribution in [3.63, 3.8) is 0 Å². The zero-order chi connectivity index (χ0) is 10.7. The number of hydrogen-bond acceptors (Lipinski definition) is 3. The highest BCUT2D eigenvalue weighted by Gasteiger charge is 2.25. The van der Waals surface area contributed by atoms with E-state index in [0.29, 0.717) is 6.54 Å². The van der Waals surface area contributed by atoms with Gasteiger partial charge in [0.15, 0.2) is 0 Å². The molecule has 1 rings (SSSR count). The lowest BCUT2D eigenvalue weighted by Crippen LogP contribution is -2.46. The Hall–Kier alpha value is -0.130. The minimum absolute atomic E-state index is 0.0303. The molecule has 0 aromatic rings. The third kappa shape index (κ3) is 4.39. The Morgan fingerprint density at radius 3 is 2.36 bits per heavy atom. The molecule has 84 valence electrons. The average Bonchev–Trinajstić information content (AvgIpc) is 2.02. The van der Waals surface area contributed by atoms with E-state index in [1.54, 1.807) is 0 Å². The first-order valence-corrected chi connectivity index (χ1v) is 6.88. The fourth-order valence-corrected chi connectivity index (χ4v) is 2.39. The van der Waals surface area contributed by atoms with Crippen molar-refractivity contribution in [2.75, 3.05) is 12.3 Å². The SMILES string of the molecule is CC1(NCCS(N)(=O)=O)CCCCC1. The molecule has 5 heteroatoms. The highest BCUT2D eigenvalue weighted by molar-refractivity contribution is 7.89. The van der Waals surface area contributed by atoms with E-state index < -0.39 is 10.0 Å². The molecule has 1 aliphatic carbocycles.